The number of ether oxygens (including phenoxy) is 2. The van der Waals surface area contributed by atoms with Crippen LogP contribution in [-0.2, 0) is 10.2 Å². The molecule has 2 aromatic heterocycles. The number of anilines is 2. The summed E-state index contributed by atoms with van der Waals surface area (Å²) in [5, 5.41) is 18.1. The summed E-state index contributed by atoms with van der Waals surface area (Å²) < 4.78 is 14.4. The van der Waals surface area contributed by atoms with Crippen molar-refractivity contribution in [3.63, 3.8) is 0 Å². The first-order chi connectivity index (χ1) is 22.9. The maximum Gasteiger partial charge on any atom is 0.319 e. The van der Waals surface area contributed by atoms with Crippen LogP contribution >= 0.6 is 0 Å². The van der Waals surface area contributed by atoms with Gasteiger partial charge in [-0.2, -0.15) is 0 Å². The number of pyridine rings is 1. The smallest absolute Gasteiger partial charge is 0.319 e. The first kappa shape index (κ1) is 33.3. The van der Waals surface area contributed by atoms with E-state index in [1.54, 1.807) is 0 Å². The van der Waals surface area contributed by atoms with E-state index in [9.17, 15) is 9.59 Å². The Balaban J connectivity index is 1.21. The number of carbonyl (C=O) groups excluding carboxylic acids is 2. The van der Waals surface area contributed by atoms with Gasteiger partial charge in [0.15, 0.2) is 17.2 Å². The van der Waals surface area contributed by atoms with E-state index >= 15 is 0 Å². The second-order valence-corrected chi connectivity index (χ2v) is 14.1. The minimum absolute atomic E-state index is 0.179. The number of benzene rings is 2. The number of carbonyl (C=O) groups is 2. The Morgan fingerprint density at radius 2 is 1.69 bits per heavy atom. The molecule has 1 aliphatic heterocycles. The third-order valence-electron chi connectivity index (χ3n) is 9.39. The number of nitrogens with zero attached hydrogens (tertiary/aromatic N) is 4. The van der Waals surface area contributed by atoms with Gasteiger partial charge in [0.05, 0.1) is 36.8 Å². The van der Waals surface area contributed by atoms with Crippen molar-refractivity contribution >= 4 is 29.0 Å². The molecular formula is C37H47N7O4. The first-order valence-electron chi connectivity index (χ1n) is 16.9. The molecule has 254 valence electrons. The summed E-state index contributed by atoms with van der Waals surface area (Å²) in [4.78, 5) is 28.0. The van der Waals surface area contributed by atoms with Crippen LogP contribution in [0.3, 0.4) is 0 Å². The molecule has 1 saturated heterocycles. The number of urea groups is 1. The lowest BCUT2D eigenvalue weighted by molar-refractivity contribution is -0.114. The van der Waals surface area contributed by atoms with E-state index in [0.717, 1.165) is 53.3 Å². The summed E-state index contributed by atoms with van der Waals surface area (Å²) in [6.07, 6.45) is 5.45. The number of likely N-dealkylation sites (tertiary alicyclic amines) is 1. The average Bonchev–Trinajstić information content (AvgIpc) is 3.69. The van der Waals surface area contributed by atoms with Gasteiger partial charge in [0.2, 0.25) is 5.91 Å². The highest BCUT2D eigenvalue weighted by atomic mass is 16.5. The summed E-state index contributed by atoms with van der Waals surface area (Å²) in [6.45, 7) is 13.2. The van der Waals surface area contributed by atoms with Crippen molar-refractivity contribution in [2.24, 2.45) is 0 Å². The standard InChI is InChI=1S/C37H47N7O4/c1-22(2)43-18-10-13-31(43)35-42-41-33-17-14-25(21-44(33)35)48-32-16-15-28(26-11-8-9-12-27(26)32)39-36(46)40-30-20-24(37(4,5)6)19-29(34(30)47-7)38-23(3)45/h8-9,11-12,14,17,19-22,28,31-32H,10,13,15-16,18H2,1-7H3,(H,38,45)(H2,39,40,46)/t28-,31?,32+/m0/s1. The summed E-state index contributed by atoms with van der Waals surface area (Å²) in [5.74, 6) is 1.88. The van der Waals surface area contributed by atoms with Gasteiger partial charge in [-0.05, 0) is 92.4 Å². The van der Waals surface area contributed by atoms with Gasteiger partial charge >= 0.3 is 6.03 Å². The minimum Gasteiger partial charge on any atom is -0.492 e. The highest BCUT2D eigenvalue weighted by Gasteiger charge is 2.33. The van der Waals surface area contributed by atoms with Crippen LogP contribution in [-0.4, -0.2) is 51.1 Å². The SMILES string of the molecule is COc1c(NC(C)=O)cc(C(C)(C)C)cc1NC(=O)N[C@H]1CC[C@@H](Oc2ccc3nnc(C4CCCN4C(C)C)n3c2)c2ccccc21. The largest absolute Gasteiger partial charge is 0.492 e. The van der Waals surface area contributed by atoms with Crippen LogP contribution in [0, 0.1) is 0 Å². The normalized spacial score (nSPS) is 19.6. The second kappa shape index (κ2) is 13.5. The quantitative estimate of drug-likeness (QED) is 0.182. The molecule has 1 unspecified atom stereocenters. The summed E-state index contributed by atoms with van der Waals surface area (Å²) in [7, 11) is 1.52. The van der Waals surface area contributed by atoms with Crippen LogP contribution in [0.25, 0.3) is 5.65 Å². The first-order valence-corrected chi connectivity index (χ1v) is 16.9. The van der Waals surface area contributed by atoms with Gasteiger partial charge in [-0.1, -0.05) is 45.0 Å². The zero-order valence-electron chi connectivity index (χ0n) is 29.0. The number of hydrogen-bond donors (Lipinski definition) is 3. The Morgan fingerprint density at radius 3 is 2.38 bits per heavy atom. The molecule has 3 amide bonds. The summed E-state index contributed by atoms with van der Waals surface area (Å²) >= 11 is 0. The lowest BCUT2D eigenvalue weighted by atomic mass is 9.85. The maximum absolute atomic E-state index is 13.5. The van der Waals surface area contributed by atoms with Crippen LogP contribution < -0.4 is 25.4 Å². The fraction of sp³-hybridized carbons (Fsp3) is 0.459. The molecule has 0 bridgehead atoms. The van der Waals surface area contributed by atoms with E-state index in [-0.39, 0.29) is 35.5 Å². The minimum atomic E-state index is -0.361. The molecule has 48 heavy (non-hydrogen) atoms. The zero-order valence-corrected chi connectivity index (χ0v) is 29.0. The van der Waals surface area contributed by atoms with Gasteiger partial charge in [-0.15, -0.1) is 10.2 Å². The van der Waals surface area contributed by atoms with Crippen molar-refractivity contribution in [2.45, 2.75) is 96.9 Å². The van der Waals surface area contributed by atoms with Crippen LogP contribution in [0.2, 0.25) is 0 Å². The summed E-state index contributed by atoms with van der Waals surface area (Å²) in [5.41, 5.74) is 4.57. The molecule has 0 spiro atoms. The van der Waals surface area contributed by atoms with E-state index in [4.69, 9.17) is 9.47 Å². The molecule has 4 aromatic rings. The molecule has 3 heterocycles. The number of hydrogen-bond acceptors (Lipinski definition) is 7. The molecule has 11 heteroatoms. The third-order valence-corrected chi connectivity index (χ3v) is 9.39. The van der Waals surface area contributed by atoms with E-state index in [1.807, 2.05) is 48.7 Å². The number of fused-ring (bicyclic) bond motifs is 2. The van der Waals surface area contributed by atoms with Crippen LogP contribution in [0.1, 0.15) is 108 Å². The van der Waals surface area contributed by atoms with Crippen molar-refractivity contribution in [2.75, 3.05) is 24.3 Å². The molecule has 2 aliphatic rings. The highest BCUT2D eigenvalue weighted by Crippen LogP contribution is 2.41. The molecule has 0 radical (unpaired) electrons. The summed E-state index contributed by atoms with van der Waals surface area (Å²) in [6, 6.07) is 15.9. The number of nitrogens with one attached hydrogen (secondary N) is 3. The predicted octanol–water partition coefficient (Wildman–Crippen LogP) is 7.32. The van der Waals surface area contributed by atoms with Crippen molar-refractivity contribution in [3.05, 3.63) is 77.2 Å². The average molecular weight is 654 g/mol. The Morgan fingerprint density at radius 1 is 0.958 bits per heavy atom. The molecule has 3 atom stereocenters. The Bertz CT molecular complexity index is 1810. The van der Waals surface area contributed by atoms with Gasteiger partial charge < -0.3 is 25.4 Å². The number of aromatic nitrogens is 3. The number of methoxy groups -OCH3 is 1. The molecule has 11 nitrogen and oxygen atoms in total. The van der Waals surface area contributed by atoms with Crippen molar-refractivity contribution in [1.82, 2.24) is 24.8 Å². The van der Waals surface area contributed by atoms with Crippen molar-refractivity contribution < 1.29 is 19.1 Å². The van der Waals surface area contributed by atoms with E-state index in [2.05, 4.69) is 76.1 Å². The van der Waals surface area contributed by atoms with Crippen molar-refractivity contribution in [3.8, 4) is 11.5 Å². The zero-order chi connectivity index (χ0) is 34.2. The van der Waals surface area contributed by atoms with E-state index < -0.39 is 0 Å². The number of rotatable bonds is 8. The highest BCUT2D eigenvalue weighted by molar-refractivity contribution is 5.97. The van der Waals surface area contributed by atoms with Crippen LogP contribution in [0.4, 0.5) is 16.2 Å². The maximum atomic E-state index is 13.5. The molecule has 1 fully saturated rings. The van der Waals surface area contributed by atoms with E-state index in [0.29, 0.717) is 36.0 Å². The Hall–Kier alpha value is -4.64. The predicted molar refractivity (Wildman–Crippen MR) is 187 cm³/mol. The molecule has 2 aromatic carbocycles. The van der Waals surface area contributed by atoms with Gasteiger partial charge in [0.25, 0.3) is 0 Å². The van der Waals surface area contributed by atoms with Crippen LogP contribution in [0.15, 0.2) is 54.7 Å². The van der Waals surface area contributed by atoms with Gasteiger partial charge in [-0.3, -0.25) is 14.1 Å². The fourth-order valence-corrected chi connectivity index (χ4v) is 7.03. The Kier molecular flexibility index (Phi) is 9.33. The topological polar surface area (TPSA) is 122 Å². The molecule has 3 N–H and O–H groups in total. The van der Waals surface area contributed by atoms with E-state index in [1.165, 1.54) is 14.0 Å². The molecular weight excluding hydrogens is 606 g/mol. The Labute approximate surface area is 282 Å². The molecule has 0 saturated carbocycles. The van der Waals surface area contributed by atoms with Crippen LogP contribution in [0.5, 0.6) is 11.5 Å². The monoisotopic (exact) mass is 653 g/mol. The second-order valence-electron chi connectivity index (χ2n) is 14.1. The van der Waals surface area contributed by atoms with Gasteiger partial charge in [0.1, 0.15) is 11.9 Å². The lowest BCUT2D eigenvalue weighted by Crippen LogP contribution is -2.35. The van der Waals surface area contributed by atoms with Crippen molar-refractivity contribution in [1.29, 1.82) is 0 Å². The fourth-order valence-electron chi connectivity index (χ4n) is 7.03. The van der Waals surface area contributed by atoms with Gasteiger partial charge in [-0.25, -0.2) is 4.79 Å². The third kappa shape index (κ3) is 6.82. The number of amides is 3. The molecule has 1 aliphatic carbocycles. The van der Waals surface area contributed by atoms with Gasteiger partial charge in [0, 0.05) is 13.0 Å². The lowest BCUT2D eigenvalue weighted by Gasteiger charge is -2.32. The molecule has 6 rings (SSSR count).